The van der Waals surface area contributed by atoms with Gasteiger partial charge in [0.15, 0.2) is 0 Å². The highest BCUT2D eigenvalue weighted by atomic mass is 16.5. The highest BCUT2D eigenvalue weighted by Crippen LogP contribution is 2.20. The van der Waals surface area contributed by atoms with Gasteiger partial charge in [0.05, 0.1) is 6.61 Å². The van der Waals surface area contributed by atoms with Crippen LogP contribution in [0.4, 0.5) is 0 Å². The first-order valence-electron chi connectivity index (χ1n) is 8.74. The maximum Gasteiger partial charge on any atom is 0.338 e. The molecule has 3 nitrogen and oxygen atoms in total. The highest BCUT2D eigenvalue weighted by molar-refractivity contribution is 5.88. The molecule has 3 heteroatoms. The summed E-state index contributed by atoms with van der Waals surface area (Å²) < 4.78 is 10.9. The van der Waals surface area contributed by atoms with Gasteiger partial charge in [-0.3, -0.25) is 0 Å². The lowest BCUT2D eigenvalue weighted by Gasteiger charge is -2.08. The van der Waals surface area contributed by atoms with Gasteiger partial charge in [-0.15, -0.1) is 0 Å². The van der Waals surface area contributed by atoms with E-state index >= 15 is 0 Å². The summed E-state index contributed by atoms with van der Waals surface area (Å²) in [6.07, 6.45) is 10.2. The number of carbonyl (C=O) groups is 1. The number of carbonyl (C=O) groups excluding carboxylic acids is 1. The van der Waals surface area contributed by atoms with Gasteiger partial charge in [-0.05, 0) is 25.5 Å². The molecule has 0 aromatic heterocycles. The quantitative estimate of drug-likeness (QED) is 0.215. The third-order valence-corrected chi connectivity index (χ3v) is 3.63. The Morgan fingerprint density at radius 3 is 2.26 bits per heavy atom. The second kappa shape index (κ2) is 11.8. The minimum absolute atomic E-state index is 0.384. The molecule has 0 heterocycles. The Hall–Kier alpha value is -1.77. The molecule has 1 aromatic carbocycles. The monoisotopic (exact) mass is 318 g/mol. The molecule has 0 aliphatic heterocycles. The van der Waals surface area contributed by atoms with Crippen LogP contribution in [0, 0.1) is 0 Å². The molecule has 0 spiro atoms. The summed E-state index contributed by atoms with van der Waals surface area (Å²) in [5, 5.41) is 0. The van der Waals surface area contributed by atoms with Gasteiger partial charge < -0.3 is 9.47 Å². The molecule has 0 radical (unpaired) electrons. The van der Waals surface area contributed by atoms with E-state index in [-0.39, 0.29) is 0 Å². The lowest BCUT2D eigenvalue weighted by Crippen LogP contribution is -2.08. The molecule has 1 rings (SSSR count). The first-order valence-corrected chi connectivity index (χ1v) is 8.74. The Bertz CT molecular complexity index is 480. The average Bonchev–Trinajstić information content (AvgIpc) is 2.53. The minimum atomic E-state index is -0.412. The number of benzene rings is 1. The van der Waals surface area contributed by atoms with E-state index in [9.17, 15) is 4.79 Å². The van der Waals surface area contributed by atoms with Crippen molar-refractivity contribution in [2.24, 2.45) is 0 Å². The summed E-state index contributed by atoms with van der Waals surface area (Å²) in [5.74, 6) is 0.816. The van der Waals surface area contributed by atoms with Crippen LogP contribution in [0.2, 0.25) is 0 Å². The number of unbranched alkanes of at least 4 members (excludes halogenated alkanes) is 7. The van der Waals surface area contributed by atoms with E-state index in [4.69, 9.17) is 9.47 Å². The van der Waals surface area contributed by atoms with Crippen LogP contribution < -0.4 is 9.47 Å². The van der Waals surface area contributed by atoms with Crippen LogP contribution in [0.15, 0.2) is 36.4 Å². The second-order valence-electron chi connectivity index (χ2n) is 5.97. The molecule has 0 saturated carbocycles. The zero-order valence-corrected chi connectivity index (χ0v) is 14.6. The zero-order chi connectivity index (χ0) is 16.9. The van der Waals surface area contributed by atoms with Crippen molar-refractivity contribution >= 4 is 5.97 Å². The Labute approximate surface area is 140 Å². The van der Waals surface area contributed by atoms with E-state index < -0.39 is 5.97 Å². The lowest BCUT2D eigenvalue weighted by molar-refractivity contribution is -0.130. The minimum Gasteiger partial charge on any atom is -0.493 e. The van der Waals surface area contributed by atoms with Crippen molar-refractivity contribution in [1.82, 2.24) is 0 Å². The Balaban J connectivity index is 2.17. The van der Waals surface area contributed by atoms with Crippen LogP contribution in [0.5, 0.6) is 11.5 Å². The van der Waals surface area contributed by atoms with Crippen LogP contribution in [0.1, 0.15) is 65.2 Å². The molecule has 128 valence electrons. The molecular weight excluding hydrogens is 288 g/mol. The van der Waals surface area contributed by atoms with Gasteiger partial charge in [-0.2, -0.15) is 0 Å². The Morgan fingerprint density at radius 1 is 1.00 bits per heavy atom. The predicted molar refractivity (Wildman–Crippen MR) is 95.0 cm³/mol. The summed E-state index contributed by atoms with van der Waals surface area (Å²) in [4.78, 5) is 11.5. The standard InChI is InChI=1S/C20H30O3/c1-4-5-6-7-8-9-10-11-15-22-18-13-12-14-19(16-18)23-20(21)17(2)3/h12-14,16H,2,4-11,15H2,1,3H3. The molecular formula is C20H30O3. The molecule has 0 amide bonds. The molecule has 1 aromatic rings. The third kappa shape index (κ3) is 9.07. The number of esters is 1. The van der Waals surface area contributed by atoms with Crippen molar-refractivity contribution in [2.75, 3.05) is 6.61 Å². The molecule has 0 unspecified atom stereocenters. The zero-order valence-electron chi connectivity index (χ0n) is 14.6. The Kier molecular flexibility index (Phi) is 9.85. The highest BCUT2D eigenvalue weighted by Gasteiger charge is 2.06. The largest absolute Gasteiger partial charge is 0.493 e. The summed E-state index contributed by atoms with van der Waals surface area (Å²) in [6.45, 7) is 8.14. The van der Waals surface area contributed by atoms with Gasteiger partial charge in [0.25, 0.3) is 0 Å². The number of hydrogen-bond donors (Lipinski definition) is 0. The molecule has 0 aliphatic carbocycles. The van der Waals surface area contributed by atoms with E-state index in [0.717, 1.165) is 12.2 Å². The SMILES string of the molecule is C=C(C)C(=O)Oc1cccc(OCCCCCCCCCC)c1. The van der Waals surface area contributed by atoms with Gasteiger partial charge in [0, 0.05) is 11.6 Å². The van der Waals surface area contributed by atoms with E-state index in [2.05, 4.69) is 13.5 Å². The predicted octanol–water partition coefficient (Wildman–Crippen LogP) is 5.69. The van der Waals surface area contributed by atoms with Crippen molar-refractivity contribution in [3.8, 4) is 11.5 Å². The Morgan fingerprint density at radius 2 is 1.61 bits per heavy atom. The fourth-order valence-electron chi connectivity index (χ4n) is 2.25. The maximum atomic E-state index is 11.5. The van der Waals surface area contributed by atoms with Crippen molar-refractivity contribution < 1.29 is 14.3 Å². The van der Waals surface area contributed by atoms with E-state index in [1.807, 2.05) is 12.1 Å². The number of rotatable bonds is 12. The van der Waals surface area contributed by atoms with Crippen molar-refractivity contribution in [3.05, 3.63) is 36.4 Å². The average molecular weight is 318 g/mol. The molecule has 0 saturated heterocycles. The fraction of sp³-hybridized carbons (Fsp3) is 0.550. The van der Waals surface area contributed by atoms with E-state index in [1.165, 1.54) is 44.9 Å². The van der Waals surface area contributed by atoms with E-state index in [1.54, 1.807) is 19.1 Å². The van der Waals surface area contributed by atoms with Crippen LogP contribution in [0.3, 0.4) is 0 Å². The molecule has 0 aliphatic rings. The molecule has 23 heavy (non-hydrogen) atoms. The first-order chi connectivity index (χ1) is 11.1. The third-order valence-electron chi connectivity index (χ3n) is 3.63. The van der Waals surface area contributed by atoms with Crippen molar-refractivity contribution in [1.29, 1.82) is 0 Å². The molecule has 0 fully saturated rings. The van der Waals surface area contributed by atoms with Gasteiger partial charge in [0.1, 0.15) is 11.5 Å². The van der Waals surface area contributed by atoms with Crippen molar-refractivity contribution in [2.45, 2.75) is 65.2 Å². The number of ether oxygens (including phenoxy) is 2. The van der Waals surface area contributed by atoms with Crippen molar-refractivity contribution in [3.63, 3.8) is 0 Å². The fourth-order valence-corrected chi connectivity index (χ4v) is 2.25. The van der Waals surface area contributed by atoms with Crippen LogP contribution in [-0.4, -0.2) is 12.6 Å². The lowest BCUT2D eigenvalue weighted by atomic mass is 10.1. The van der Waals surface area contributed by atoms with Gasteiger partial charge in [-0.1, -0.05) is 64.5 Å². The molecule has 0 bridgehead atoms. The summed E-state index contributed by atoms with van der Waals surface area (Å²) in [6, 6.07) is 7.18. The van der Waals surface area contributed by atoms with E-state index in [0.29, 0.717) is 17.9 Å². The topological polar surface area (TPSA) is 35.5 Å². The van der Waals surface area contributed by atoms with Crippen LogP contribution >= 0.6 is 0 Å². The number of hydrogen-bond acceptors (Lipinski definition) is 3. The first kappa shape index (κ1) is 19.3. The summed E-state index contributed by atoms with van der Waals surface area (Å²) in [7, 11) is 0. The maximum absolute atomic E-state index is 11.5. The van der Waals surface area contributed by atoms with Gasteiger partial charge in [0.2, 0.25) is 0 Å². The second-order valence-corrected chi connectivity index (χ2v) is 5.97. The summed E-state index contributed by atoms with van der Waals surface area (Å²) in [5.41, 5.74) is 0.384. The smallest absolute Gasteiger partial charge is 0.338 e. The van der Waals surface area contributed by atoms with Crippen LogP contribution in [-0.2, 0) is 4.79 Å². The van der Waals surface area contributed by atoms with Crippen LogP contribution in [0.25, 0.3) is 0 Å². The normalized spacial score (nSPS) is 10.3. The molecule has 0 N–H and O–H groups in total. The summed E-state index contributed by atoms with van der Waals surface area (Å²) >= 11 is 0. The molecule has 0 atom stereocenters. The van der Waals surface area contributed by atoms with Gasteiger partial charge in [-0.25, -0.2) is 4.79 Å². The van der Waals surface area contributed by atoms with Gasteiger partial charge >= 0.3 is 5.97 Å².